The minimum Gasteiger partial charge on any atom is -0.283 e. The van der Waals surface area contributed by atoms with Crippen LogP contribution in [0.3, 0.4) is 0 Å². The van der Waals surface area contributed by atoms with E-state index in [2.05, 4.69) is 14.8 Å². The first-order valence-corrected chi connectivity index (χ1v) is 7.00. The highest BCUT2D eigenvalue weighted by Crippen LogP contribution is 2.14. The highest BCUT2D eigenvalue weighted by atomic mass is 32.2. The lowest BCUT2D eigenvalue weighted by Gasteiger charge is -2.11. The Hall–Kier alpha value is -1.89. The number of anilines is 1. The van der Waals surface area contributed by atoms with Crippen LogP contribution in [0.25, 0.3) is 5.69 Å². The zero-order valence-corrected chi connectivity index (χ0v) is 10.9. The Morgan fingerprint density at radius 1 is 1.22 bits per heavy atom. The number of nitrogens with one attached hydrogen (secondary N) is 1. The summed E-state index contributed by atoms with van der Waals surface area (Å²) in [4.78, 5) is 3.84. The van der Waals surface area contributed by atoms with E-state index in [0.717, 1.165) is 5.69 Å². The molecule has 0 amide bonds. The highest BCUT2D eigenvalue weighted by Gasteiger charge is 2.15. The molecule has 0 saturated heterocycles. The fourth-order valence-corrected chi connectivity index (χ4v) is 2.01. The molecule has 1 N–H and O–H groups in total. The molecule has 0 fully saturated rings. The van der Waals surface area contributed by atoms with Crippen molar-refractivity contribution in [2.24, 2.45) is 0 Å². The SMILES string of the molecule is CC(C)S(=O)(=O)Nc1ccc(-n2cncn2)cc1. The summed E-state index contributed by atoms with van der Waals surface area (Å²) in [6.45, 7) is 3.26. The smallest absolute Gasteiger partial charge is 0.235 e. The Kier molecular flexibility index (Phi) is 3.33. The maximum Gasteiger partial charge on any atom is 0.235 e. The molecule has 0 atom stereocenters. The van der Waals surface area contributed by atoms with Crippen LogP contribution in [0, 0.1) is 0 Å². The fraction of sp³-hybridized carbons (Fsp3) is 0.273. The molecule has 1 heterocycles. The summed E-state index contributed by atoms with van der Waals surface area (Å²) < 4.78 is 27.5. The van der Waals surface area contributed by atoms with Gasteiger partial charge in [-0.05, 0) is 38.1 Å². The first-order chi connectivity index (χ1) is 8.49. The zero-order chi connectivity index (χ0) is 13.2. The predicted molar refractivity (Wildman–Crippen MR) is 69.0 cm³/mol. The summed E-state index contributed by atoms with van der Waals surface area (Å²) in [5.74, 6) is 0. The molecular formula is C11H14N4O2S. The minimum atomic E-state index is -3.30. The number of hydrogen-bond acceptors (Lipinski definition) is 4. The molecule has 0 aliphatic heterocycles. The van der Waals surface area contributed by atoms with E-state index in [1.807, 2.05) is 0 Å². The van der Waals surface area contributed by atoms with Crippen LogP contribution >= 0.6 is 0 Å². The van der Waals surface area contributed by atoms with Gasteiger partial charge in [0.25, 0.3) is 0 Å². The lowest BCUT2D eigenvalue weighted by molar-refractivity contribution is 0.593. The summed E-state index contributed by atoms with van der Waals surface area (Å²) >= 11 is 0. The second-order valence-corrected chi connectivity index (χ2v) is 6.32. The van der Waals surface area contributed by atoms with Crippen LogP contribution in [0.4, 0.5) is 5.69 Å². The van der Waals surface area contributed by atoms with Crippen molar-refractivity contribution in [1.29, 1.82) is 0 Å². The monoisotopic (exact) mass is 266 g/mol. The average Bonchev–Trinajstić information content (AvgIpc) is 2.83. The van der Waals surface area contributed by atoms with Crippen molar-refractivity contribution in [2.75, 3.05) is 4.72 Å². The first-order valence-electron chi connectivity index (χ1n) is 5.46. The number of nitrogens with zero attached hydrogens (tertiary/aromatic N) is 3. The van der Waals surface area contributed by atoms with Crippen molar-refractivity contribution in [2.45, 2.75) is 19.1 Å². The van der Waals surface area contributed by atoms with E-state index >= 15 is 0 Å². The van der Waals surface area contributed by atoms with Crippen LogP contribution < -0.4 is 4.72 Å². The van der Waals surface area contributed by atoms with E-state index in [1.165, 1.54) is 6.33 Å². The molecule has 0 spiro atoms. The maximum atomic E-state index is 11.7. The van der Waals surface area contributed by atoms with Gasteiger partial charge in [-0.25, -0.2) is 18.1 Å². The molecule has 1 aromatic heterocycles. The second-order valence-electron chi connectivity index (χ2n) is 4.08. The van der Waals surface area contributed by atoms with E-state index < -0.39 is 15.3 Å². The third-order valence-electron chi connectivity index (χ3n) is 2.43. The topological polar surface area (TPSA) is 76.9 Å². The van der Waals surface area contributed by atoms with Crippen LogP contribution in [0.15, 0.2) is 36.9 Å². The molecule has 1 aromatic carbocycles. The van der Waals surface area contributed by atoms with Gasteiger partial charge < -0.3 is 0 Å². The van der Waals surface area contributed by atoms with Crippen LogP contribution in [-0.2, 0) is 10.0 Å². The first kappa shape index (κ1) is 12.6. The van der Waals surface area contributed by atoms with E-state index in [1.54, 1.807) is 49.1 Å². The summed E-state index contributed by atoms with van der Waals surface area (Å²) in [5.41, 5.74) is 1.35. The van der Waals surface area contributed by atoms with Crippen LogP contribution in [-0.4, -0.2) is 28.4 Å². The van der Waals surface area contributed by atoms with Crippen molar-refractivity contribution >= 4 is 15.7 Å². The number of benzene rings is 1. The van der Waals surface area contributed by atoms with Gasteiger partial charge in [-0.1, -0.05) is 0 Å². The van der Waals surface area contributed by atoms with Gasteiger partial charge >= 0.3 is 0 Å². The van der Waals surface area contributed by atoms with E-state index in [-0.39, 0.29) is 0 Å². The molecule has 0 bridgehead atoms. The van der Waals surface area contributed by atoms with Gasteiger partial charge in [0.2, 0.25) is 10.0 Å². The quantitative estimate of drug-likeness (QED) is 0.907. The lowest BCUT2D eigenvalue weighted by atomic mass is 10.3. The average molecular weight is 266 g/mol. The van der Waals surface area contributed by atoms with Crippen LogP contribution in [0.5, 0.6) is 0 Å². The fourth-order valence-electron chi connectivity index (χ4n) is 1.31. The normalized spacial score (nSPS) is 11.7. The van der Waals surface area contributed by atoms with Gasteiger partial charge in [0.1, 0.15) is 12.7 Å². The van der Waals surface area contributed by atoms with Gasteiger partial charge in [-0.3, -0.25) is 4.72 Å². The number of aromatic nitrogens is 3. The van der Waals surface area contributed by atoms with Gasteiger partial charge in [0, 0.05) is 5.69 Å². The standard InChI is InChI=1S/C11H14N4O2S/c1-9(2)18(16,17)14-10-3-5-11(6-4-10)15-8-12-7-13-15/h3-9,14H,1-2H3. The lowest BCUT2D eigenvalue weighted by Crippen LogP contribution is -2.22. The minimum absolute atomic E-state index is 0.465. The molecule has 0 unspecified atom stereocenters. The van der Waals surface area contributed by atoms with Crippen molar-refractivity contribution in [1.82, 2.24) is 14.8 Å². The third kappa shape index (κ3) is 2.67. The molecular weight excluding hydrogens is 252 g/mol. The van der Waals surface area contributed by atoms with Crippen molar-refractivity contribution in [3.8, 4) is 5.69 Å². The number of rotatable bonds is 4. The van der Waals surface area contributed by atoms with E-state index in [9.17, 15) is 8.42 Å². The van der Waals surface area contributed by atoms with Crippen molar-refractivity contribution in [3.63, 3.8) is 0 Å². The molecule has 0 aliphatic rings. The molecule has 18 heavy (non-hydrogen) atoms. The van der Waals surface area contributed by atoms with Crippen molar-refractivity contribution in [3.05, 3.63) is 36.9 Å². The number of hydrogen-bond donors (Lipinski definition) is 1. The Morgan fingerprint density at radius 2 is 1.89 bits per heavy atom. The molecule has 6 nitrogen and oxygen atoms in total. The molecule has 0 radical (unpaired) electrons. The Morgan fingerprint density at radius 3 is 2.39 bits per heavy atom. The summed E-state index contributed by atoms with van der Waals surface area (Å²) in [6, 6.07) is 6.92. The molecule has 0 saturated carbocycles. The summed E-state index contributed by atoms with van der Waals surface area (Å²) in [6.07, 6.45) is 3.02. The largest absolute Gasteiger partial charge is 0.283 e. The van der Waals surface area contributed by atoms with E-state index in [4.69, 9.17) is 0 Å². The predicted octanol–water partition coefficient (Wildman–Crippen LogP) is 1.42. The Labute approximate surface area is 106 Å². The number of sulfonamides is 1. The van der Waals surface area contributed by atoms with Gasteiger partial charge in [0.05, 0.1) is 10.9 Å². The molecule has 7 heteroatoms. The van der Waals surface area contributed by atoms with Gasteiger partial charge in [0.15, 0.2) is 0 Å². The Balaban J connectivity index is 2.19. The molecule has 96 valence electrons. The van der Waals surface area contributed by atoms with Crippen molar-refractivity contribution < 1.29 is 8.42 Å². The maximum absolute atomic E-state index is 11.7. The Bertz CT molecular complexity index is 603. The molecule has 2 rings (SSSR count). The van der Waals surface area contributed by atoms with Crippen LogP contribution in [0.2, 0.25) is 0 Å². The molecule has 0 aliphatic carbocycles. The van der Waals surface area contributed by atoms with Crippen LogP contribution in [0.1, 0.15) is 13.8 Å². The summed E-state index contributed by atoms with van der Waals surface area (Å²) in [7, 11) is -3.30. The molecule has 2 aromatic rings. The van der Waals surface area contributed by atoms with Gasteiger partial charge in [-0.2, -0.15) is 5.10 Å². The summed E-state index contributed by atoms with van der Waals surface area (Å²) in [5, 5.41) is 3.52. The van der Waals surface area contributed by atoms with Gasteiger partial charge in [-0.15, -0.1) is 0 Å². The second kappa shape index (κ2) is 4.77. The van der Waals surface area contributed by atoms with E-state index in [0.29, 0.717) is 5.69 Å². The third-order valence-corrected chi connectivity index (χ3v) is 4.19. The zero-order valence-electron chi connectivity index (χ0n) is 10.1. The highest BCUT2D eigenvalue weighted by molar-refractivity contribution is 7.93.